The average molecular weight is 406 g/mol. The van der Waals surface area contributed by atoms with Gasteiger partial charge in [-0.2, -0.15) is 13.2 Å². The van der Waals surface area contributed by atoms with Crippen LogP contribution in [-0.2, 0) is 4.79 Å². The Bertz CT molecular complexity index is 682. The van der Waals surface area contributed by atoms with E-state index in [2.05, 4.69) is 17.2 Å². The molecule has 0 aromatic carbocycles. The van der Waals surface area contributed by atoms with Crippen LogP contribution in [0.25, 0.3) is 6.08 Å². The molecule has 0 spiro atoms. The maximum absolute atomic E-state index is 12.4. The van der Waals surface area contributed by atoms with Gasteiger partial charge in [0, 0.05) is 25.2 Å². The number of nitrogens with one attached hydrogen (secondary N) is 1. The fraction of sp³-hybridized carbons (Fsp3) is 0.556. The lowest BCUT2D eigenvalue weighted by Crippen LogP contribution is -2.33. The van der Waals surface area contributed by atoms with Crippen molar-refractivity contribution in [3.05, 3.63) is 29.1 Å². The molecule has 1 aliphatic heterocycles. The van der Waals surface area contributed by atoms with Gasteiger partial charge >= 0.3 is 6.18 Å². The van der Waals surface area contributed by atoms with E-state index in [4.69, 9.17) is 16.3 Å². The monoisotopic (exact) mass is 405 g/mol. The maximum atomic E-state index is 12.4. The Hall–Kier alpha value is -1.80. The third-order valence-electron chi connectivity index (χ3n) is 4.26. The molecule has 1 aliphatic rings. The lowest BCUT2D eigenvalue weighted by atomic mass is 10.2. The number of alkyl halides is 3. The number of carbonyl (C=O) groups is 1. The molecule has 1 aromatic rings. The van der Waals surface area contributed by atoms with E-state index in [9.17, 15) is 18.0 Å². The predicted molar refractivity (Wildman–Crippen MR) is 97.7 cm³/mol. The zero-order chi connectivity index (χ0) is 20.0. The number of halogens is 4. The third-order valence-corrected chi connectivity index (χ3v) is 4.55. The summed E-state index contributed by atoms with van der Waals surface area (Å²) < 4.78 is 42.9. The minimum absolute atomic E-state index is 0.102. The van der Waals surface area contributed by atoms with E-state index in [1.807, 2.05) is 19.2 Å². The normalized spacial score (nSPS) is 18.9. The summed E-state index contributed by atoms with van der Waals surface area (Å²) in [5.74, 6) is -0.580. The Morgan fingerprint density at radius 3 is 2.96 bits per heavy atom. The largest absolute Gasteiger partial charge is 0.485 e. The van der Waals surface area contributed by atoms with Crippen molar-refractivity contribution in [1.82, 2.24) is 15.2 Å². The summed E-state index contributed by atoms with van der Waals surface area (Å²) in [5.41, 5.74) is 0.806. The van der Waals surface area contributed by atoms with E-state index in [0.717, 1.165) is 12.0 Å². The Morgan fingerprint density at radius 2 is 2.30 bits per heavy atom. The summed E-state index contributed by atoms with van der Waals surface area (Å²) in [6, 6.07) is 2.08. The Morgan fingerprint density at radius 1 is 1.56 bits per heavy atom. The number of hydrogen-bond acceptors (Lipinski definition) is 4. The zero-order valence-electron chi connectivity index (χ0n) is 15.2. The molecule has 9 heteroatoms. The number of carbonyl (C=O) groups excluding carboxylic acids is 1. The molecule has 1 aromatic heterocycles. The SMILES string of the molecule is CN[C@@H](C)C/C=C/c1cnc(Cl)c(O[C@@H]2CCN(C(=O)CC(F)(F)F)C2)c1. The van der Waals surface area contributed by atoms with E-state index in [-0.39, 0.29) is 18.2 Å². The standard InChI is InChI=1S/C18H23ClF3N3O2/c1-12(23-2)4-3-5-13-8-15(17(19)24-10-13)27-14-6-7-25(11-14)16(26)9-18(20,21)22/h3,5,8,10,12,14,23H,4,6-7,9,11H2,1-2H3/b5-3+/t12-,14+/m0/s1. The summed E-state index contributed by atoms with van der Waals surface area (Å²) in [7, 11) is 1.89. The molecule has 0 unspecified atom stereocenters. The molecule has 2 atom stereocenters. The summed E-state index contributed by atoms with van der Waals surface area (Å²) in [4.78, 5) is 16.9. The number of likely N-dealkylation sites (tertiary alicyclic amines) is 1. The molecule has 1 saturated heterocycles. The molecular formula is C18H23ClF3N3O2. The van der Waals surface area contributed by atoms with E-state index in [0.29, 0.717) is 18.2 Å². The molecule has 150 valence electrons. The third kappa shape index (κ3) is 7.03. The van der Waals surface area contributed by atoms with Crippen LogP contribution < -0.4 is 10.1 Å². The molecule has 0 bridgehead atoms. The average Bonchev–Trinajstić information content (AvgIpc) is 3.05. The van der Waals surface area contributed by atoms with E-state index in [1.165, 1.54) is 4.90 Å². The predicted octanol–water partition coefficient (Wildman–Crippen LogP) is 3.68. The molecular weight excluding hydrogens is 383 g/mol. The van der Waals surface area contributed by atoms with Crippen LogP contribution in [0.3, 0.4) is 0 Å². The summed E-state index contributed by atoms with van der Waals surface area (Å²) in [6.07, 6.45) is 0.436. The van der Waals surface area contributed by atoms with Gasteiger partial charge in [-0.1, -0.05) is 23.8 Å². The Balaban J connectivity index is 1.95. The van der Waals surface area contributed by atoms with Crippen LogP contribution in [0.1, 0.15) is 31.7 Å². The molecule has 0 saturated carbocycles. The van der Waals surface area contributed by atoms with Gasteiger partial charge in [0.15, 0.2) is 10.9 Å². The molecule has 27 heavy (non-hydrogen) atoms. The van der Waals surface area contributed by atoms with Crippen LogP contribution in [0.15, 0.2) is 18.3 Å². The summed E-state index contributed by atoms with van der Waals surface area (Å²) in [5, 5.41) is 3.31. The van der Waals surface area contributed by atoms with Crippen LogP contribution in [-0.4, -0.2) is 54.3 Å². The molecule has 0 aliphatic carbocycles. The zero-order valence-corrected chi connectivity index (χ0v) is 16.0. The quantitative estimate of drug-likeness (QED) is 0.703. The van der Waals surface area contributed by atoms with Crippen molar-refractivity contribution < 1.29 is 22.7 Å². The van der Waals surface area contributed by atoms with Gasteiger partial charge in [-0.25, -0.2) is 4.98 Å². The van der Waals surface area contributed by atoms with Crippen molar-refractivity contribution in [3.8, 4) is 5.75 Å². The number of aromatic nitrogens is 1. The lowest BCUT2D eigenvalue weighted by molar-refractivity contribution is -0.160. The minimum Gasteiger partial charge on any atom is -0.485 e. The highest BCUT2D eigenvalue weighted by Crippen LogP contribution is 2.28. The van der Waals surface area contributed by atoms with Gasteiger partial charge in [0.2, 0.25) is 5.91 Å². The second kappa shape index (κ2) is 9.41. The van der Waals surface area contributed by atoms with Crippen molar-refractivity contribution in [2.45, 2.75) is 44.5 Å². The highest BCUT2D eigenvalue weighted by molar-refractivity contribution is 6.30. The van der Waals surface area contributed by atoms with Crippen LogP contribution in [0.5, 0.6) is 5.75 Å². The first-order chi connectivity index (χ1) is 12.7. The second-order valence-electron chi connectivity index (χ2n) is 6.55. The Labute approximate surface area is 161 Å². The number of pyridine rings is 1. The number of nitrogens with zero attached hydrogens (tertiary/aromatic N) is 2. The molecule has 0 radical (unpaired) electrons. The molecule has 2 rings (SSSR count). The molecule has 5 nitrogen and oxygen atoms in total. The fourth-order valence-electron chi connectivity index (χ4n) is 2.66. The summed E-state index contributed by atoms with van der Waals surface area (Å²) in [6.45, 7) is 2.39. The van der Waals surface area contributed by atoms with Crippen LogP contribution in [0.2, 0.25) is 5.15 Å². The molecule has 1 fully saturated rings. The van der Waals surface area contributed by atoms with Crippen molar-refractivity contribution in [3.63, 3.8) is 0 Å². The molecule has 2 heterocycles. The fourth-order valence-corrected chi connectivity index (χ4v) is 2.80. The van der Waals surface area contributed by atoms with Crippen molar-refractivity contribution in [2.75, 3.05) is 20.1 Å². The minimum atomic E-state index is -4.51. The van der Waals surface area contributed by atoms with Gasteiger partial charge in [-0.15, -0.1) is 0 Å². The highest BCUT2D eigenvalue weighted by Gasteiger charge is 2.36. The second-order valence-corrected chi connectivity index (χ2v) is 6.90. The first kappa shape index (κ1) is 21.5. The van der Waals surface area contributed by atoms with Crippen LogP contribution >= 0.6 is 11.6 Å². The Kier molecular flexibility index (Phi) is 7.49. The van der Waals surface area contributed by atoms with Gasteiger partial charge in [0.25, 0.3) is 0 Å². The topological polar surface area (TPSA) is 54.5 Å². The van der Waals surface area contributed by atoms with Crippen molar-refractivity contribution in [1.29, 1.82) is 0 Å². The van der Waals surface area contributed by atoms with Crippen molar-refractivity contribution in [2.24, 2.45) is 0 Å². The maximum Gasteiger partial charge on any atom is 0.397 e. The number of rotatable bonds is 7. The molecule has 1 N–H and O–H groups in total. The van der Waals surface area contributed by atoms with Gasteiger partial charge in [-0.3, -0.25) is 4.79 Å². The first-order valence-corrected chi connectivity index (χ1v) is 9.06. The number of ether oxygens (including phenoxy) is 1. The lowest BCUT2D eigenvalue weighted by Gasteiger charge is -2.18. The highest BCUT2D eigenvalue weighted by atomic mass is 35.5. The molecule has 1 amide bonds. The number of amides is 1. The van der Waals surface area contributed by atoms with Gasteiger partial charge in [0.05, 0.1) is 6.54 Å². The van der Waals surface area contributed by atoms with E-state index < -0.39 is 24.6 Å². The van der Waals surface area contributed by atoms with Gasteiger partial charge < -0.3 is 15.0 Å². The van der Waals surface area contributed by atoms with Crippen molar-refractivity contribution >= 4 is 23.6 Å². The number of hydrogen-bond donors (Lipinski definition) is 1. The first-order valence-electron chi connectivity index (χ1n) is 8.68. The van der Waals surface area contributed by atoms with Gasteiger partial charge in [-0.05, 0) is 32.0 Å². The van der Waals surface area contributed by atoms with E-state index in [1.54, 1.807) is 12.3 Å². The smallest absolute Gasteiger partial charge is 0.397 e. The van der Waals surface area contributed by atoms with Gasteiger partial charge in [0.1, 0.15) is 12.5 Å². The summed E-state index contributed by atoms with van der Waals surface area (Å²) >= 11 is 6.07. The van der Waals surface area contributed by atoms with Crippen LogP contribution in [0, 0.1) is 0 Å². The van der Waals surface area contributed by atoms with Crippen LogP contribution in [0.4, 0.5) is 13.2 Å². The van der Waals surface area contributed by atoms with E-state index >= 15 is 0 Å².